The van der Waals surface area contributed by atoms with Crippen LogP contribution < -0.4 is 20.7 Å². The summed E-state index contributed by atoms with van der Waals surface area (Å²) in [5, 5.41) is 7.74. The molecule has 1 aliphatic rings. The van der Waals surface area contributed by atoms with Gasteiger partial charge in [0.05, 0.1) is 16.2 Å². The Morgan fingerprint density at radius 1 is 0.936 bits per heavy atom. The van der Waals surface area contributed by atoms with E-state index in [1.165, 1.54) is 11.9 Å². The number of esters is 1. The largest absolute Gasteiger partial charge is 0.459 e. The van der Waals surface area contributed by atoms with Gasteiger partial charge in [0.1, 0.15) is 26.5 Å². The van der Waals surface area contributed by atoms with Crippen molar-refractivity contribution < 1.29 is 41.9 Å². The molecular weight excluding hydrogens is 697 g/mol. The fourth-order valence-electron chi connectivity index (χ4n) is 4.60. The molecule has 2 rings (SSSR count). The number of thiophene rings is 1. The number of halogens is 2. The molecule has 0 aliphatic carbocycles. The van der Waals surface area contributed by atoms with Crippen LogP contribution in [0.25, 0.3) is 0 Å². The fourth-order valence-corrected chi connectivity index (χ4v) is 7.94. The summed E-state index contributed by atoms with van der Waals surface area (Å²) in [5.74, 6) is -4.11. The summed E-state index contributed by atoms with van der Waals surface area (Å²) < 4.78 is 39.0. The van der Waals surface area contributed by atoms with Gasteiger partial charge in [0.25, 0.3) is 0 Å². The normalized spacial score (nSPS) is 17.5. The second-order valence-corrected chi connectivity index (χ2v) is 17.0. The molecule has 3 atom stereocenters. The Kier molecular flexibility index (Phi) is 14.8. The summed E-state index contributed by atoms with van der Waals surface area (Å²) in [4.78, 5) is 64.9. The molecule has 266 valence electrons. The number of sulfonamides is 1. The van der Waals surface area contributed by atoms with Gasteiger partial charge in [-0.15, -0.1) is 11.3 Å². The van der Waals surface area contributed by atoms with Crippen LogP contribution >= 0.6 is 34.5 Å². The number of nitrogens with one attached hydrogen (secondary N) is 4. The van der Waals surface area contributed by atoms with Crippen molar-refractivity contribution in [3.63, 3.8) is 0 Å². The highest BCUT2D eigenvalue weighted by molar-refractivity contribution is 7.89. The molecule has 0 bridgehead atoms. The molecule has 0 unspecified atom stereocenters. The summed E-state index contributed by atoms with van der Waals surface area (Å²) >= 11 is 12.8. The van der Waals surface area contributed by atoms with E-state index in [1.54, 1.807) is 41.5 Å². The first-order valence-electron chi connectivity index (χ1n) is 15.1. The van der Waals surface area contributed by atoms with Crippen molar-refractivity contribution in [2.75, 3.05) is 33.2 Å². The van der Waals surface area contributed by atoms with Crippen LogP contribution in [0.2, 0.25) is 8.67 Å². The number of hydrogen-bond donors (Lipinski definition) is 4. The lowest BCUT2D eigenvalue weighted by Gasteiger charge is -2.25. The number of rotatable bonds is 14. The molecule has 47 heavy (non-hydrogen) atoms. The summed E-state index contributed by atoms with van der Waals surface area (Å²) in [6.45, 7) is 9.95. The molecule has 4 N–H and O–H groups in total. The Morgan fingerprint density at radius 3 is 2.06 bits per heavy atom. The van der Waals surface area contributed by atoms with Gasteiger partial charge >= 0.3 is 12.1 Å². The zero-order valence-corrected chi connectivity index (χ0v) is 30.8. The van der Waals surface area contributed by atoms with E-state index in [9.17, 15) is 32.4 Å². The minimum Gasteiger partial charge on any atom is -0.459 e. The third-order valence-electron chi connectivity index (χ3n) is 6.71. The van der Waals surface area contributed by atoms with Crippen LogP contribution in [0.1, 0.15) is 67.2 Å². The van der Waals surface area contributed by atoms with E-state index in [1.807, 2.05) is 0 Å². The number of unbranched alkanes of at least 4 members (excludes halogenated alkanes) is 2. The molecule has 0 aromatic carbocycles. The highest BCUT2D eigenvalue weighted by atomic mass is 35.5. The molecule has 1 fully saturated rings. The van der Waals surface area contributed by atoms with Crippen molar-refractivity contribution in [2.45, 2.75) is 89.4 Å². The number of alkyl carbamates (subject to hydrolysis) is 1. The van der Waals surface area contributed by atoms with E-state index in [-0.39, 0.29) is 39.0 Å². The predicted molar refractivity (Wildman–Crippen MR) is 178 cm³/mol. The molecule has 0 radical (unpaired) electrons. The molecule has 18 heteroatoms. The molecule has 0 saturated carbocycles. The number of amides is 4. The van der Waals surface area contributed by atoms with E-state index >= 15 is 0 Å². The van der Waals surface area contributed by atoms with Crippen molar-refractivity contribution in [2.24, 2.45) is 11.8 Å². The Balaban J connectivity index is 2.03. The molecule has 0 spiro atoms. The lowest BCUT2D eigenvalue weighted by atomic mass is 9.94. The highest BCUT2D eigenvalue weighted by Crippen LogP contribution is 2.34. The average Bonchev–Trinajstić information content (AvgIpc) is 3.53. The summed E-state index contributed by atoms with van der Waals surface area (Å²) in [6, 6.07) is -0.416. The third-order valence-corrected chi connectivity index (χ3v) is 9.94. The first kappa shape index (κ1) is 40.5. The van der Waals surface area contributed by atoms with Crippen molar-refractivity contribution in [3.05, 3.63) is 14.7 Å². The van der Waals surface area contributed by atoms with Gasteiger partial charge in [-0.2, -0.15) is 4.72 Å². The smallest absolute Gasteiger partial charge is 0.407 e. The number of carbonyl (C=O) groups is 5. The second-order valence-electron chi connectivity index (χ2n) is 13.0. The number of hydrogen-bond acceptors (Lipinski definition) is 10. The van der Waals surface area contributed by atoms with Crippen molar-refractivity contribution in [3.8, 4) is 0 Å². The van der Waals surface area contributed by atoms with Crippen molar-refractivity contribution in [1.82, 2.24) is 25.6 Å². The minimum absolute atomic E-state index is 0.0102. The van der Waals surface area contributed by atoms with Gasteiger partial charge in [-0.1, -0.05) is 29.6 Å². The lowest BCUT2D eigenvalue weighted by molar-refractivity contribution is -0.156. The Morgan fingerprint density at radius 2 is 1.53 bits per heavy atom. The topological polar surface area (TPSA) is 189 Å². The third kappa shape index (κ3) is 13.4. The lowest BCUT2D eigenvalue weighted by Crippen LogP contribution is -2.52. The van der Waals surface area contributed by atoms with E-state index in [0.29, 0.717) is 25.8 Å². The standard InChI is InChI=1S/C29H45Cl2N5O9S2/c1-28(2,3)44-26(40)19(35-47(42,43)20-13-21(30)46-23(20)31)14-34-25(39)18-16-36(15-17(18)24(38)32-7)22(37)11-9-8-10-12-33-27(41)45-29(4,5)6/h13,17-19,35H,8-12,14-16H2,1-7H3,(H,32,38)(H,33,41)(H,34,39)/t17-,18-,19+/m1/s1. The molecule has 1 saturated heterocycles. The zero-order chi connectivity index (χ0) is 35.7. The van der Waals surface area contributed by atoms with E-state index < -0.39 is 69.5 Å². The molecular formula is C29H45Cl2N5O9S2. The van der Waals surface area contributed by atoms with E-state index in [2.05, 4.69) is 20.7 Å². The summed E-state index contributed by atoms with van der Waals surface area (Å²) in [5.41, 5.74) is -1.57. The Bertz CT molecular complexity index is 1410. The van der Waals surface area contributed by atoms with Gasteiger partial charge in [0.2, 0.25) is 27.7 Å². The molecule has 1 aromatic heterocycles. The van der Waals surface area contributed by atoms with Gasteiger partial charge in [-0.05, 0) is 60.5 Å². The maximum atomic E-state index is 13.4. The molecule has 4 amide bonds. The molecule has 2 heterocycles. The van der Waals surface area contributed by atoms with Crippen LogP contribution in [0.15, 0.2) is 11.0 Å². The quantitative estimate of drug-likeness (QED) is 0.164. The van der Waals surface area contributed by atoms with E-state index in [0.717, 1.165) is 17.4 Å². The number of carbonyl (C=O) groups excluding carboxylic acids is 5. The van der Waals surface area contributed by atoms with Gasteiger partial charge in [-0.25, -0.2) is 13.2 Å². The van der Waals surface area contributed by atoms with Crippen molar-refractivity contribution >= 4 is 74.3 Å². The molecule has 14 nitrogen and oxygen atoms in total. The monoisotopic (exact) mass is 741 g/mol. The van der Waals surface area contributed by atoms with Gasteiger partial charge in [0.15, 0.2) is 0 Å². The maximum Gasteiger partial charge on any atom is 0.407 e. The number of ether oxygens (including phenoxy) is 2. The highest BCUT2D eigenvalue weighted by Gasteiger charge is 2.43. The number of likely N-dealkylation sites (tertiary alicyclic amines) is 1. The first-order valence-corrected chi connectivity index (χ1v) is 18.1. The van der Waals surface area contributed by atoms with Crippen LogP contribution in [0.4, 0.5) is 4.79 Å². The fraction of sp³-hybridized carbons (Fsp3) is 0.690. The maximum absolute atomic E-state index is 13.4. The van der Waals surface area contributed by atoms with Crippen LogP contribution in [0.3, 0.4) is 0 Å². The zero-order valence-electron chi connectivity index (χ0n) is 27.7. The van der Waals surface area contributed by atoms with Crippen LogP contribution in [-0.2, 0) is 38.7 Å². The average molecular weight is 743 g/mol. The molecule has 1 aliphatic heterocycles. The predicted octanol–water partition coefficient (Wildman–Crippen LogP) is 3.07. The van der Waals surface area contributed by atoms with Crippen LogP contribution in [0.5, 0.6) is 0 Å². The number of nitrogens with zero attached hydrogens (tertiary/aromatic N) is 1. The van der Waals surface area contributed by atoms with Crippen LogP contribution in [-0.4, -0.2) is 93.6 Å². The Hall–Kier alpha value is -2.66. The van der Waals surface area contributed by atoms with Gasteiger partial charge < -0.3 is 30.3 Å². The summed E-state index contributed by atoms with van der Waals surface area (Å²) in [6.07, 6.45) is 1.49. The second kappa shape index (κ2) is 17.1. The van der Waals surface area contributed by atoms with Gasteiger partial charge in [-0.3, -0.25) is 19.2 Å². The van der Waals surface area contributed by atoms with Gasteiger partial charge in [0, 0.05) is 39.6 Å². The summed E-state index contributed by atoms with van der Waals surface area (Å²) in [7, 11) is -2.94. The SMILES string of the molecule is CNC(=O)[C@@H]1CN(C(=O)CCCCCNC(=O)OC(C)(C)C)C[C@H]1C(=O)NC[C@H](NS(=O)(=O)c1cc(Cl)sc1Cl)C(=O)OC(C)(C)C. The van der Waals surface area contributed by atoms with Crippen molar-refractivity contribution in [1.29, 1.82) is 0 Å². The minimum atomic E-state index is -4.36. The molecule has 1 aromatic rings. The Labute approximate surface area is 290 Å². The van der Waals surface area contributed by atoms with E-state index in [4.69, 9.17) is 32.7 Å². The first-order chi connectivity index (χ1) is 21.6. The van der Waals surface area contributed by atoms with Crippen LogP contribution in [0, 0.1) is 11.8 Å².